The Bertz CT molecular complexity index is 211. The number of rotatable bonds is 12. The van der Waals surface area contributed by atoms with Gasteiger partial charge in [0.05, 0.1) is 39.6 Å². The zero-order valence-corrected chi connectivity index (χ0v) is 10.3. The first-order valence-corrected chi connectivity index (χ1v) is 5.47. The van der Waals surface area contributed by atoms with E-state index in [1.807, 2.05) is 0 Å². The van der Waals surface area contributed by atoms with Crippen molar-refractivity contribution in [2.45, 2.75) is 5.60 Å². The fourth-order valence-corrected chi connectivity index (χ4v) is 1.15. The van der Waals surface area contributed by atoms with Crippen molar-refractivity contribution in [3.8, 4) is 0 Å². The van der Waals surface area contributed by atoms with Crippen LogP contribution in [0.4, 0.5) is 0 Å². The highest BCUT2D eigenvalue weighted by Gasteiger charge is 2.31. The maximum absolute atomic E-state index is 9.43. The summed E-state index contributed by atoms with van der Waals surface area (Å²) in [5.41, 5.74) is -0.861. The van der Waals surface area contributed by atoms with Crippen molar-refractivity contribution in [2.24, 2.45) is 0 Å². The lowest BCUT2D eigenvalue weighted by Gasteiger charge is -2.30. The SMILES string of the molecule is C=CCOCC(CO)(COCC=C)OCC=C. The van der Waals surface area contributed by atoms with Crippen LogP contribution in [0.1, 0.15) is 0 Å². The van der Waals surface area contributed by atoms with Crippen LogP contribution in [0.15, 0.2) is 38.0 Å². The summed E-state index contributed by atoms with van der Waals surface area (Å²) in [6, 6.07) is 0. The van der Waals surface area contributed by atoms with Gasteiger partial charge in [0.2, 0.25) is 0 Å². The maximum atomic E-state index is 9.43. The highest BCUT2D eigenvalue weighted by molar-refractivity contribution is 4.83. The Morgan fingerprint density at radius 2 is 1.35 bits per heavy atom. The lowest BCUT2D eigenvalue weighted by Crippen LogP contribution is -2.46. The minimum Gasteiger partial charge on any atom is -0.393 e. The molecule has 0 bridgehead atoms. The van der Waals surface area contributed by atoms with Gasteiger partial charge in [-0.1, -0.05) is 18.2 Å². The van der Waals surface area contributed by atoms with Crippen molar-refractivity contribution in [1.29, 1.82) is 0 Å². The van der Waals surface area contributed by atoms with Crippen LogP contribution in [0.5, 0.6) is 0 Å². The molecule has 0 spiro atoms. The van der Waals surface area contributed by atoms with Gasteiger partial charge in [0, 0.05) is 0 Å². The number of aliphatic hydroxyl groups is 1. The molecule has 0 aliphatic rings. The average Bonchev–Trinajstić information content (AvgIpc) is 2.36. The molecule has 4 nitrogen and oxygen atoms in total. The first-order chi connectivity index (χ1) is 8.24. The second-order valence-electron chi connectivity index (χ2n) is 3.55. The highest BCUT2D eigenvalue weighted by Crippen LogP contribution is 2.13. The van der Waals surface area contributed by atoms with E-state index in [-0.39, 0.29) is 19.8 Å². The van der Waals surface area contributed by atoms with E-state index in [4.69, 9.17) is 14.2 Å². The normalized spacial score (nSPS) is 11.1. The van der Waals surface area contributed by atoms with Gasteiger partial charge in [-0.2, -0.15) is 0 Å². The molecule has 0 rings (SSSR count). The quantitative estimate of drug-likeness (QED) is 0.414. The second-order valence-corrected chi connectivity index (χ2v) is 3.55. The van der Waals surface area contributed by atoms with Crippen LogP contribution in [-0.4, -0.2) is 50.3 Å². The summed E-state index contributed by atoms with van der Waals surface area (Å²) in [4.78, 5) is 0. The van der Waals surface area contributed by atoms with Crippen LogP contribution in [0.25, 0.3) is 0 Å². The molecule has 0 saturated carbocycles. The number of ether oxygens (including phenoxy) is 3. The molecule has 1 N–H and O–H groups in total. The van der Waals surface area contributed by atoms with E-state index in [9.17, 15) is 5.11 Å². The van der Waals surface area contributed by atoms with E-state index in [2.05, 4.69) is 19.7 Å². The Balaban J connectivity index is 4.31. The summed E-state index contributed by atoms with van der Waals surface area (Å²) in [6.07, 6.45) is 4.89. The summed E-state index contributed by atoms with van der Waals surface area (Å²) >= 11 is 0. The first kappa shape index (κ1) is 16.1. The molecule has 0 aromatic heterocycles. The predicted octanol–water partition coefficient (Wildman–Crippen LogP) is 1.33. The van der Waals surface area contributed by atoms with E-state index < -0.39 is 5.60 Å². The zero-order valence-electron chi connectivity index (χ0n) is 10.3. The fourth-order valence-electron chi connectivity index (χ4n) is 1.15. The minimum absolute atomic E-state index is 0.185. The average molecular weight is 242 g/mol. The van der Waals surface area contributed by atoms with Gasteiger partial charge in [-0.3, -0.25) is 0 Å². The Morgan fingerprint density at radius 1 is 0.882 bits per heavy atom. The molecule has 0 aliphatic carbocycles. The monoisotopic (exact) mass is 242 g/mol. The summed E-state index contributed by atoms with van der Waals surface area (Å²) < 4.78 is 16.2. The zero-order chi connectivity index (χ0) is 13.0. The van der Waals surface area contributed by atoms with Crippen molar-refractivity contribution in [1.82, 2.24) is 0 Å². The third kappa shape index (κ3) is 7.07. The molecule has 0 heterocycles. The van der Waals surface area contributed by atoms with Crippen LogP contribution in [0, 0.1) is 0 Å². The molecular weight excluding hydrogens is 220 g/mol. The van der Waals surface area contributed by atoms with Crippen LogP contribution in [0.2, 0.25) is 0 Å². The molecule has 17 heavy (non-hydrogen) atoms. The standard InChI is InChI=1S/C13H22O4/c1-4-7-15-11-13(10-14,17-9-6-3)12-16-8-5-2/h4-6,14H,1-3,7-12H2. The largest absolute Gasteiger partial charge is 0.393 e. The molecule has 0 atom stereocenters. The van der Waals surface area contributed by atoms with Gasteiger partial charge in [-0.05, 0) is 0 Å². The Morgan fingerprint density at radius 3 is 1.71 bits per heavy atom. The van der Waals surface area contributed by atoms with E-state index in [1.54, 1.807) is 18.2 Å². The summed E-state index contributed by atoms with van der Waals surface area (Å²) in [7, 11) is 0. The van der Waals surface area contributed by atoms with Crippen LogP contribution in [-0.2, 0) is 14.2 Å². The van der Waals surface area contributed by atoms with Crippen molar-refractivity contribution in [3.63, 3.8) is 0 Å². The number of hydrogen-bond acceptors (Lipinski definition) is 4. The van der Waals surface area contributed by atoms with Crippen molar-refractivity contribution >= 4 is 0 Å². The first-order valence-electron chi connectivity index (χ1n) is 5.47. The van der Waals surface area contributed by atoms with Gasteiger partial charge in [0.25, 0.3) is 0 Å². The third-order valence-electron chi connectivity index (χ3n) is 2.00. The molecule has 0 aromatic rings. The van der Waals surface area contributed by atoms with E-state index in [0.717, 1.165) is 0 Å². The molecule has 0 aromatic carbocycles. The summed E-state index contributed by atoms with van der Waals surface area (Å²) in [5, 5.41) is 9.43. The third-order valence-corrected chi connectivity index (χ3v) is 2.00. The van der Waals surface area contributed by atoms with Crippen LogP contribution < -0.4 is 0 Å². The second kappa shape index (κ2) is 10.2. The molecule has 0 fully saturated rings. The van der Waals surface area contributed by atoms with Crippen LogP contribution in [0.3, 0.4) is 0 Å². The number of hydrogen-bond donors (Lipinski definition) is 1. The van der Waals surface area contributed by atoms with Gasteiger partial charge < -0.3 is 19.3 Å². The molecule has 0 aliphatic heterocycles. The molecule has 0 radical (unpaired) electrons. The number of aliphatic hydroxyl groups excluding tert-OH is 1. The van der Waals surface area contributed by atoms with Crippen LogP contribution >= 0.6 is 0 Å². The minimum atomic E-state index is -0.861. The van der Waals surface area contributed by atoms with Gasteiger partial charge >= 0.3 is 0 Å². The molecular formula is C13H22O4. The molecule has 98 valence electrons. The molecule has 0 unspecified atom stereocenters. The molecule has 0 amide bonds. The lowest BCUT2D eigenvalue weighted by molar-refractivity contribution is -0.145. The highest BCUT2D eigenvalue weighted by atomic mass is 16.6. The van der Waals surface area contributed by atoms with Crippen molar-refractivity contribution in [2.75, 3.05) is 39.6 Å². The van der Waals surface area contributed by atoms with Gasteiger partial charge in [-0.25, -0.2) is 0 Å². The predicted molar refractivity (Wildman–Crippen MR) is 68.0 cm³/mol. The lowest BCUT2D eigenvalue weighted by atomic mass is 10.1. The van der Waals surface area contributed by atoms with Gasteiger partial charge in [0.15, 0.2) is 0 Å². The fraction of sp³-hybridized carbons (Fsp3) is 0.538. The smallest absolute Gasteiger partial charge is 0.138 e. The Hall–Kier alpha value is -0.940. The van der Waals surface area contributed by atoms with E-state index in [0.29, 0.717) is 19.8 Å². The summed E-state index contributed by atoms with van der Waals surface area (Å²) in [5.74, 6) is 0. The summed E-state index contributed by atoms with van der Waals surface area (Å²) in [6.45, 7) is 12.1. The van der Waals surface area contributed by atoms with Crippen molar-refractivity contribution in [3.05, 3.63) is 38.0 Å². The van der Waals surface area contributed by atoms with E-state index >= 15 is 0 Å². The maximum Gasteiger partial charge on any atom is 0.138 e. The van der Waals surface area contributed by atoms with Gasteiger partial charge in [-0.15, -0.1) is 19.7 Å². The Labute approximate surface area is 103 Å². The molecule has 4 heteroatoms. The Kier molecular flexibility index (Phi) is 9.66. The van der Waals surface area contributed by atoms with Crippen molar-refractivity contribution < 1.29 is 19.3 Å². The van der Waals surface area contributed by atoms with Gasteiger partial charge in [0.1, 0.15) is 5.60 Å². The topological polar surface area (TPSA) is 47.9 Å². The molecule has 0 saturated heterocycles. The van der Waals surface area contributed by atoms with E-state index in [1.165, 1.54) is 0 Å².